The zero-order chi connectivity index (χ0) is 16.8. The van der Waals surface area contributed by atoms with Crippen molar-refractivity contribution in [1.29, 1.82) is 0 Å². The van der Waals surface area contributed by atoms with Crippen molar-refractivity contribution >= 4 is 22.5 Å². The van der Waals surface area contributed by atoms with E-state index in [4.69, 9.17) is 4.74 Å². The van der Waals surface area contributed by atoms with Gasteiger partial charge in [0.2, 0.25) is 0 Å². The van der Waals surface area contributed by atoms with E-state index in [2.05, 4.69) is 0 Å². The van der Waals surface area contributed by atoms with Gasteiger partial charge in [-0.15, -0.1) is 0 Å². The van der Waals surface area contributed by atoms with Crippen molar-refractivity contribution in [2.75, 3.05) is 5.75 Å². The van der Waals surface area contributed by atoms with E-state index < -0.39 is 21.7 Å². The molecule has 0 spiro atoms. The molecule has 2 aromatic carbocycles. The summed E-state index contributed by atoms with van der Waals surface area (Å²) in [6, 6.07) is 12.4. The van der Waals surface area contributed by atoms with Gasteiger partial charge in [-0.05, 0) is 29.8 Å². The van der Waals surface area contributed by atoms with Crippen LogP contribution in [-0.2, 0) is 22.1 Å². The monoisotopic (exact) mass is 333 g/mol. The third kappa shape index (κ3) is 4.23. The molecule has 6 nitrogen and oxygen atoms in total. The van der Waals surface area contributed by atoms with Gasteiger partial charge < -0.3 is 4.74 Å². The Bertz CT molecular complexity index is 742. The molecule has 0 N–H and O–H groups in total. The Labute approximate surface area is 135 Å². The molecule has 2 rings (SSSR count). The molecule has 0 radical (unpaired) electrons. The van der Waals surface area contributed by atoms with E-state index in [1.165, 1.54) is 24.3 Å². The minimum atomic E-state index is -1.25. The minimum Gasteiger partial charge on any atom is -0.457 e. The summed E-state index contributed by atoms with van der Waals surface area (Å²) in [7, 11) is -1.25. The topological polar surface area (TPSA) is 86.5 Å². The van der Waals surface area contributed by atoms with Crippen molar-refractivity contribution in [3.05, 3.63) is 69.8 Å². The van der Waals surface area contributed by atoms with Crippen molar-refractivity contribution < 1.29 is 18.7 Å². The Balaban J connectivity index is 2.08. The van der Waals surface area contributed by atoms with Crippen LogP contribution in [0, 0.1) is 10.1 Å². The average molecular weight is 333 g/mol. The molecule has 120 valence electrons. The molecular weight excluding hydrogens is 318 g/mol. The van der Waals surface area contributed by atoms with Gasteiger partial charge in [0, 0.05) is 17.9 Å². The SMILES string of the molecule is CCS(=O)c1ccccc1C(=O)OCc1ccc([N+](=O)[O-])cc1. The molecule has 0 saturated carbocycles. The summed E-state index contributed by atoms with van der Waals surface area (Å²) in [4.78, 5) is 22.7. The Kier molecular flexibility index (Phi) is 5.59. The van der Waals surface area contributed by atoms with E-state index in [1.54, 1.807) is 31.2 Å². The number of hydrogen-bond acceptors (Lipinski definition) is 5. The van der Waals surface area contributed by atoms with Gasteiger partial charge in [0.25, 0.3) is 5.69 Å². The van der Waals surface area contributed by atoms with E-state index >= 15 is 0 Å². The lowest BCUT2D eigenvalue weighted by atomic mass is 10.2. The number of carbonyl (C=O) groups is 1. The van der Waals surface area contributed by atoms with Gasteiger partial charge in [0.05, 0.1) is 26.2 Å². The van der Waals surface area contributed by atoms with Crippen LogP contribution in [0.15, 0.2) is 53.4 Å². The molecule has 23 heavy (non-hydrogen) atoms. The molecule has 0 aliphatic heterocycles. The molecule has 0 aliphatic rings. The number of rotatable bonds is 6. The summed E-state index contributed by atoms with van der Waals surface area (Å²) >= 11 is 0. The van der Waals surface area contributed by atoms with Crippen molar-refractivity contribution in [2.24, 2.45) is 0 Å². The molecular formula is C16H15NO5S. The van der Waals surface area contributed by atoms with E-state index in [0.717, 1.165) is 0 Å². The van der Waals surface area contributed by atoms with Gasteiger partial charge in [0.15, 0.2) is 0 Å². The Hall–Kier alpha value is -2.54. The van der Waals surface area contributed by atoms with E-state index in [1.807, 2.05) is 0 Å². The zero-order valence-corrected chi connectivity index (χ0v) is 13.2. The summed E-state index contributed by atoms with van der Waals surface area (Å²) in [5.41, 5.74) is 0.886. The fourth-order valence-corrected chi connectivity index (χ4v) is 2.87. The predicted octanol–water partition coefficient (Wildman–Crippen LogP) is 3.08. The van der Waals surface area contributed by atoms with Crippen LogP contribution in [-0.4, -0.2) is 20.9 Å². The van der Waals surface area contributed by atoms with Crippen LogP contribution in [0.4, 0.5) is 5.69 Å². The molecule has 0 fully saturated rings. The third-order valence-corrected chi connectivity index (χ3v) is 4.50. The first-order valence-electron chi connectivity index (χ1n) is 6.90. The standard InChI is InChI=1S/C16H15NO5S/c1-2-23(21)15-6-4-3-5-14(15)16(18)22-11-12-7-9-13(10-8-12)17(19)20/h3-10H,2,11H2,1H3. The average Bonchev–Trinajstić information content (AvgIpc) is 2.59. The molecule has 0 saturated heterocycles. The Morgan fingerprint density at radius 2 is 1.83 bits per heavy atom. The number of benzene rings is 2. The van der Waals surface area contributed by atoms with E-state index in [9.17, 15) is 19.1 Å². The van der Waals surface area contributed by atoms with Crippen molar-refractivity contribution in [1.82, 2.24) is 0 Å². The van der Waals surface area contributed by atoms with Gasteiger partial charge in [0.1, 0.15) is 6.61 Å². The fraction of sp³-hybridized carbons (Fsp3) is 0.188. The molecule has 1 unspecified atom stereocenters. The second-order valence-corrected chi connectivity index (χ2v) is 6.34. The van der Waals surface area contributed by atoms with E-state index in [0.29, 0.717) is 16.2 Å². The number of hydrogen-bond donors (Lipinski definition) is 0. The lowest BCUT2D eigenvalue weighted by Gasteiger charge is -2.08. The van der Waals surface area contributed by atoms with Gasteiger partial charge in [-0.2, -0.15) is 0 Å². The lowest BCUT2D eigenvalue weighted by Crippen LogP contribution is -2.10. The number of ether oxygens (including phenoxy) is 1. The van der Waals surface area contributed by atoms with Crippen molar-refractivity contribution in [3.63, 3.8) is 0 Å². The number of nitro groups is 1. The minimum absolute atomic E-state index is 0.01000. The lowest BCUT2D eigenvalue weighted by molar-refractivity contribution is -0.384. The van der Waals surface area contributed by atoms with E-state index in [-0.39, 0.29) is 17.9 Å². The highest BCUT2D eigenvalue weighted by molar-refractivity contribution is 7.85. The predicted molar refractivity (Wildman–Crippen MR) is 85.6 cm³/mol. The highest BCUT2D eigenvalue weighted by atomic mass is 32.2. The van der Waals surface area contributed by atoms with Crippen LogP contribution in [0.1, 0.15) is 22.8 Å². The highest BCUT2D eigenvalue weighted by Crippen LogP contribution is 2.17. The summed E-state index contributed by atoms with van der Waals surface area (Å²) < 4.78 is 17.2. The first kappa shape index (κ1) is 16.8. The fourth-order valence-electron chi connectivity index (χ4n) is 1.93. The zero-order valence-electron chi connectivity index (χ0n) is 12.4. The second kappa shape index (κ2) is 7.64. The number of nitrogens with zero attached hydrogens (tertiary/aromatic N) is 1. The number of carbonyl (C=O) groups excluding carboxylic acids is 1. The quantitative estimate of drug-likeness (QED) is 0.460. The molecule has 1 atom stereocenters. The van der Waals surface area contributed by atoms with Crippen LogP contribution < -0.4 is 0 Å². The van der Waals surface area contributed by atoms with Crippen LogP contribution in [0.2, 0.25) is 0 Å². The van der Waals surface area contributed by atoms with Gasteiger partial charge in [-0.3, -0.25) is 14.3 Å². The van der Waals surface area contributed by atoms with Gasteiger partial charge >= 0.3 is 5.97 Å². The Morgan fingerprint density at radius 1 is 1.17 bits per heavy atom. The largest absolute Gasteiger partial charge is 0.457 e. The van der Waals surface area contributed by atoms with Gasteiger partial charge in [-0.1, -0.05) is 19.1 Å². The number of non-ortho nitro benzene ring substituents is 1. The highest BCUT2D eigenvalue weighted by Gasteiger charge is 2.16. The Morgan fingerprint density at radius 3 is 2.43 bits per heavy atom. The van der Waals surface area contributed by atoms with Crippen LogP contribution in [0.5, 0.6) is 0 Å². The summed E-state index contributed by atoms with van der Waals surface area (Å²) in [6.07, 6.45) is 0. The van der Waals surface area contributed by atoms with Gasteiger partial charge in [-0.25, -0.2) is 4.79 Å². The molecule has 7 heteroatoms. The third-order valence-electron chi connectivity index (χ3n) is 3.13. The van der Waals surface area contributed by atoms with Crippen molar-refractivity contribution in [2.45, 2.75) is 18.4 Å². The maximum Gasteiger partial charge on any atom is 0.339 e. The normalized spacial score (nSPS) is 11.7. The second-order valence-electron chi connectivity index (χ2n) is 4.63. The maximum atomic E-state index is 12.2. The molecule has 0 amide bonds. The summed E-state index contributed by atoms with van der Waals surface area (Å²) in [5, 5.41) is 10.6. The summed E-state index contributed by atoms with van der Waals surface area (Å²) in [6.45, 7) is 1.76. The first-order valence-corrected chi connectivity index (χ1v) is 8.22. The maximum absolute atomic E-state index is 12.2. The molecule has 2 aromatic rings. The number of nitro benzene ring substituents is 1. The van der Waals surface area contributed by atoms with Crippen LogP contribution in [0.25, 0.3) is 0 Å². The molecule has 0 aliphatic carbocycles. The number of esters is 1. The molecule has 0 heterocycles. The first-order chi connectivity index (χ1) is 11.0. The smallest absolute Gasteiger partial charge is 0.339 e. The van der Waals surface area contributed by atoms with Crippen LogP contribution >= 0.6 is 0 Å². The molecule has 0 bridgehead atoms. The van der Waals surface area contributed by atoms with Crippen molar-refractivity contribution in [3.8, 4) is 0 Å². The molecule has 0 aromatic heterocycles. The van der Waals surface area contributed by atoms with Crippen LogP contribution in [0.3, 0.4) is 0 Å². The summed E-state index contributed by atoms with van der Waals surface area (Å²) in [5.74, 6) is -0.159.